The maximum absolute atomic E-state index is 13.8. The Balaban J connectivity index is 1.45. The molecule has 1 atom stereocenters. The van der Waals surface area contributed by atoms with Crippen LogP contribution in [0.4, 0.5) is 5.69 Å². The highest BCUT2D eigenvalue weighted by molar-refractivity contribution is 7.07. The fraction of sp³-hybridized carbons (Fsp3) is 0.179. The Labute approximate surface area is 240 Å². The van der Waals surface area contributed by atoms with Crippen molar-refractivity contribution in [2.75, 3.05) is 13.4 Å². The molecule has 0 bridgehead atoms. The summed E-state index contributed by atoms with van der Waals surface area (Å²) >= 11 is 7.41. The molecule has 41 heavy (non-hydrogen) atoms. The number of hydrogen-bond donors (Lipinski definition) is 0. The third-order valence-corrected chi connectivity index (χ3v) is 7.85. The number of nitrogens with zero attached hydrogens (tertiary/aromatic N) is 3. The molecule has 0 saturated carbocycles. The molecule has 13 heteroatoms. The predicted molar refractivity (Wildman–Crippen MR) is 149 cm³/mol. The molecule has 0 saturated heterocycles. The number of nitro groups is 1. The van der Waals surface area contributed by atoms with E-state index in [1.165, 1.54) is 22.8 Å². The Bertz CT molecular complexity index is 1950. The van der Waals surface area contributed by atoms with Gasteiger partial charge in [-0.25, -0.2) is 9.79 Å². The number of benzene rings is 2. The van der Waals surface area contributed by atoms with Crippen LogP contribution in [0, 0.1) is 10.1 Å². The summed E-state index contributed by atoms with van der Waals surface area (Å²) in [5, 5.41) is 11.2. The largest absolute Gasteiger partial charge is 0.463 e. The van der Waals surface area contributed by atoms with Crippen molar-refractivity contribution < 1.29 is 28.3 Å². The minimum atomic E-state index is -0.812. The number of nitro benzene ring substituents is 1. The van der Waals surface area contributed by atoms with Crippen LogP contribution in [0.3, 0.4) is 0 Å². The Hall–Kier alpha value is -4.68. The summed E-state index contributed by atoms with van der Waals surface area (Å²) in [4.78, 5) is 42.4. The van der Waals surface area contributed by atoms with E-state index in [0.717, 1.165) is 11.3 Å². The molecule has 0 spiro atoms. The quantitative estimate of drug-likeness (QED) is 0.183. The molecule has 208 valence electrons. The molecule has 0 fully saturated rings. The second-order valence-corrected chi connectivity index (χ2v) is 10.5. The van der Waals surface area contributed by atoms with Gasteiger partial charge in [0.1, 0.15) is 11.5 Å². The molecule has 2 aliphatic rings. The summed E-state index contributed by atoms with van der Waals surface area (Å²) in [5.41, 5.74) is 1.27. The lowest BCUT2D eigenvalue weighted by Crippen LogP contribution is -2.39. The molecule has 6 rings (SSSR count). The van der Waals surface area contributed by atoms with Crippen molar-refractivity contribution >= 4 is 40.7 Å². The van der Waals surface area contributed by atoms with Crippen LogP contribution in [0.25, 0.3) is 17.4 Å². The van der Waals surface area contributed by atoms with E-state index in [9.17, 15) is 19.7 Å². The second kappa shape index (κ2) is 10.4. The summed E-state index contributed by atoms with van der Waals surface area (Å²) in [6, 6.07) is 11.9. The second-order valence-electron chi connectivity index (χ2n) is 9.04. The molecule has 0 aliphatic carbocycles. The molecule has 2 aromatic heterocycles. The minimum Gasteiger partial charge on any atom is -0.463 e. The summed E-state index contributed by atoms with van der Waals surface area (Å²) in [7, 11) is 0. The van der Waals surface area contributed by atoms with Crippen molar-refractivity contribution in [2.45, 2.75) is 19.9 Å². The lowest BCUT2D eigenvalue weighted by atomic mass is 9.95. The van der Waals surface area contributed by atoms with Crippen molar-refractivity contribution in [3.05, 3.63) is 106 Å². The number of aromatic nitrogens is 1. The fourth-order valence-electron chi connectivity index (χ4n) is 4.71. The van der Waals surface area contributed by atoms with Gasteiger partial charge in [0, 0.05) is 23.8 Å². The van der Waals surface area contributed by atoms with E-state index in [1.54, 1.807) is 50.3 Å². The average molecular weight is 594 g/mol. The predicted octanol–water partition coefficient (Wildman–Crippen LogP) is 4.35. The number of hydrogen-bond acceptors (Lipinski definition) is 10. The molecular weight excluding hydrogens is 574 g/mol. The number of ether oxygens (including phenoxy) is 3. The van der Waals surface area contributed by atoms with Gasteiger partial charge in [-0.3, -0.25) is 19.5 Å². The number of halogens is 1. The van der Waals surface area contributed by atoms with Gasteiger partial charge in [-0.1, -0.05) is 29.0 Å². The molecule has 0 N–H and O–H groups in total. The zero-order valence-corrected chi connectivity index (χ0v) is 23.2. The first-order valence-electron chi connectivity index (χ1n) is 12.4. The third-order valence-electron chi connectivity index (χ3n) is 6.56. The average Bonchev–Trinajstić information content (AvgIpc) is 3.67. The van der Waals surface area contributed by atoms with Crippen molar-refractivity contribution in [1.29, 1.82) is 0 Å². The summed E-state index contributed by atoms with van der Waals surface area (Å²) in [6.45, 7) is 3.65. The van der Waals surface area contributed by atoms with Crippen molar-refractivity contribution in [3.63, 3.8) is 0 Å². The SMILES string of the molecule is CCOC(=O)C1=C(C)N=c2s/c(=C\c3ccc(-c4ccc([N+](=O)[O-])cc4Cl)o3)c(=O)n2[C@@H]1c1ccc2c(c1)OCO2. The Morgan fingerprint density at radius 3 is 2.78 bits per heavy atom. The first kappa shape index (κ1) is 26.5. The maximum atomic E-state index is 13.8. The highest BCUT2D eigenvalue weighted by atomic mass is 35.5. The summed E-state index contributed by atoms with van der Waals surface area (Å²) in [6.07, 6.45) is 1.58. The number of non-ortho nitro benzene ring substituents is 1. The number of thiazole rings is 1. The monoisotopic (exact) mass is 593 g/mol. The first-order chi connectivity index (χ1) is 19.7. The van der Waals surface area contributed by atoms with Gasteiger partial charge in [-0.15, -0.1) is 0 Å². The number of rotatable bonds is 6. The summed E-state index contributed by atoms with van der Waals surface area (Å²) in [5.74, 6) is 1.25. The van der Waals surface area contributed by atoms with Crippen LogP contribution in [0.1, 0.15) is 31.2 Å². The van der Waals surface area contributed by atoms with E-state index in [1.807, 2.05) is 0 Å². The highest BCUT2D eigenvalue weighted by Crippen LogP contribution is 2.38. The van der Waals surface area contributed by atoms with Gasteiger partial charge in [-0.05, 0) is 49.7 Å². The third kappa shape index (κ3) is 4.70. The van der Waals surface area contributed by atoms with Crippen LogP contribution >= 0.6 is 22.9 Å². The van der Waals surface area contributed by atoms with Gasteiger partial charge in [-0.2, -0.15) is 0 Å². The van der Waals surface area contributed by atoms with E-state index >= 15 is 0 Å². The van der Waals surface area contributed by atoms with Crippen LogP contribution in [-0.4, -0.2) is 28.9 Å². The van der Waals surface area contributed by atoms with Crippen LogP contribution < -0.4 is 24.4 Å². The lowest BCUT2D eigenvalue weighted by Gasteiger charge is -2.24. The van der Waals surface area contributed by atoms with Gasteiger partial charge in [0.2, 0.25) is 6.79 Å². The van der Waals surface area contributed by atoms with Gasteiger partial charge in [0.05, 0.1) is 38.4 Å². The Morgan fingerprint density at radius 2 is 2.02 bits per heavy atom. The number of allylic oxidation sites excluding steroid dienone is 1. The molecule has 4 aromatic rings. The van der Waals surface area contributed by atoms with E-state index in [2.05, 4.69) is 4.99 Å². The van der Waals surface area contributed by atoms with E-state index in [0.29, 0.717) is 49.2 Å². The molecule has 0 amide bonds. The molecule has 2 aromatic carbocycles. The molecule has 4 heterocycles. The number of furan rings is 1. The first-order valence-corrected chi connectivity index (χ1v) is 13.6. The van der Waals surface area contributed by atoms with Crippen LogP contribution in [0.15, 0.2) is 74.0 Å². The molecule has 0 unspecified atom stereocenters. The van der Waals surface area contributed by atoms with E-state index in [4.69, 9.17) is 30.2 Å². The van der Waals surface area contributed by atoms with Crippen molar-refractivity contribution in [3.8, 4) is 22.8 Å². The Morgan fingerprint density at radius 1 is 1.22 bits per heavy atom. The van der Waals surface area contributed by atoms with Crippen LogP contribution in [0.5, 0.6) is 11.5 Å². The van der Waals surface area contributed by atoms with E-state index < -0.39 is 16.9 Å². The molecule has 0 radical (unpaired) electrons. The molecular formula is C28H20ClN3O8S. The number of carbonyl (C=O) groups is 1. The fourth-order valence-corrected chi connectivity index (χ4v) is 6.01. The Kier molecular flexibility index (Phi) is 6.72. The summed E-state index contributed by atoms with van der Waals surface area (Å²) < 4.78 is 24.0. The number of fused-ring (bicyclic) bond motifs is 2. The van der Waals surface area contributed by atoms with E-state index in [-0.39, 0.29) is 35.2 Å². The smallest absolute Gasteiger partial charge is 0.338 e. The van der Waals surface area contributed by atoms with Gasteiger partial charge in [0.15, 0.2) is 16.3 Å². The standard InChI is InChI=1S/C28H20ClN3O8S/c1-3-37-27(34)24-14(2)30-28-31(25(24)15-4-8-21-22(10-15)39-13-38-21)26(33)23(41-28)12-17-6-9-20(40-17)18-7-5-16(32(35)36)11-19(18)29/h4-12,25H,3,13H2,1-2H3/b23-12-/t25-/m1/s1. The van der Waals surface area contributed by atoms with Gasteiger partial charge >= 0.3 is 5.97 Å². The van der Waals surface area contributed by atoms with Gasteiger partial charge < -0.3 is 18.6 Å². The highest BCUT2D eigenvalue weighted by Gasteiger charge is 2.34. The number of esters is 1. The van der Waals surface area contributed by atoms with Crippen LogP contribution in [-0.2, 0) is 9.53 Å². The normalized spacial score (nSPS) is 16.0. The van der Waals surface area contributed by atoms with Gasteiger partial charge in [0.25, 0.3) is 11.2 Å². The van der Waals surface area contributed by atoms with Crippen molar-refractivity contribution in [2.24, 2.45) is 4.99 Å². The van der Waals surface area contributed by atoms with Crippen LogP contribution in [0.2, 0.25) is 5.02 Å². The zero-order valence-electron chi connectivity index (χ0n) is 21.6. The topological polar surface area (TPSA) is 135 Å². The van der Waals surface area contributed by atoms with Crippen molar-refractivity contribution in [1.82, 2.24) is 4.57 Å². The molecule has 11 nitrogen and oxygen atoms in total. The lowest BCUT2D eigenvalue weighted by molar-refractivity contribution is -0.384. The minimum absolute atomic E-state index is 0.0807. The zero-order chi connectivity index (χ0) is 28.8. The maximum Gasteiger partial charge on any atom is 0.338 e. The molecule has 2 aliphatic heterocycles. The number of carbonyl (C=O) groups excluding carboxylic acids is 1.